The molecule has 25 heavy (non-hydrogen) atoms. The molecule has 0 saturated carbocycles. The molecule has 2 aromatic carbocycles. The lowest BCUT2D eigenvalue weighted by atomic mass is 10.1. The van der Waals surface area contributed by atoms with Crippen LogP contribution in [0.25, 0.3) is 10.2 Å². The average Bonchev–Trinajstić information content (AvgIpc) is 2.89. The number of nitrogens with zero attached hydrogens (tertiary/aromatic N) is 1. The van der Waals surface area contributed by atoms with Gasteiger partial charge in [-0.15, -0.1) is 0 Å². The number of halogens is 1. The van der Waals surface area contributed by atoms with Gasteiger partial charge in [-0.1, -0.05) is 35.1 Å². The van der Waals surface area contributed by atoms with E-state index in [0.29, 0.717) is 10.2 Å². The van der Waals surface area contributed by atoms with Crippen LogP contribution in [-0.2, 0) is 21.1 Å². The number of anilines is 1. The van der Waals surface area contributed by atoms with Gasteiger partial charge in [0.1, 0.15) is 0 Å². The topological polar surface area (TPSA) is 76.1 Å². The van der Waals surface area contributed by atoms with Crippen LogP contribution in [0, 0.1) is 6.92 Å². The van der Waals surface area contributed by atoms with Crippen molar-refractivity contribution >= 4 is 54.0 Å². The molecular formula is C17H15ClN2O3S2. The van der Waals surface area contributed by atoms with E-state index in [2.05, 4.69) is 10.3 Å². The van der Waals surface area contributed by atoms with E-state index in [1.165, 1.54) is 23.5 Å². The van der Waals surface area contributed by atoms with Gasteiger partial charge in [-0.2, -0.15) is 0 Å². The standard InChI is InChI=1S/C17H15ClN2O3S2/c1-10-7-12(18)9-14-16(10)20-17(24-14)19-15(21)8-11-3-5-13(6-4-11)25(2,22)23/h3-7,9H,8H2,1-2H3,(H,19,20,21). The fourth-order valence-electron chi connectivity index (χ4n) is 2.41. The number of carbonyl (C=O) groups is 1. The van der Waals surface area contributed by atoms with Crippen LogP contribution in [0.1, 0.15) is 11.1 Å². The van der Waals surface area contributed by atoms with Crippen LogP contribution in [0.2, 0.25) is 5.02 Å². The first-order valence-electron chi connectivity index (χ1n) is 7.38. The maximum atomic E-state index is 12.2. The van der Waals surface area contributed by atoms with Gasteiger partial charge in [-0.05, 0) is 42.3 Å². The molecule has 0 aliphatic heterocycles. The molecule has 0 radical (unpaired) electrons. The molecule has 8 heteroatoms. The SMILES string of the molecule is Cc1cc(Cl)cc2sc(NC(=O)Cc3ccc(S(C)(=O)=O)cc3)nc12. The number of hydrogen-bond acceptors (Lipinski definition) is 5. The van der Waals surface area contributed by atoms with Crippen molar-refractivity contribution in [2.45, 2.75) is 18.2 Å². The van der Waals surface area contributed by atoms with E-state index in [9.17, 15) is 13.2 Å². The Hall–Kier alpha value is -1.96. The molecule has 3 aromatic rings. The van der Waals surface area contributed by atoms with Crippen LogP contribution in [-0.4, -0.2) is 25.6 Å². The smallest absolute Gasteiger partial charge is 0.230 e. The number of nitrogens with one attached hydrogen (secondary N) is 1. The lowest BCUT2D eigenvalue weighted by Crippen LogP contribution is -2.14. The number of aromatic nitrogens is 1. The van der Waals surface area contributed by atoms with E-state index < -0.39 is 9.84 Å². The second-order valence-corrected chi connectivity index (χ2v) is 9.21. The first-order chi connectivity index (χ1) is 11.7. The zero-order chi connectivity index (χ0) is 18.2. The molecule has 5 nitrogen and oxygen atoms in total. The molecule has 0 unspecified atom stereocenters. The molecule has 0 spiro atoms. The summed E-state index contributed by atoms with van der Waals surface area (Å²) in [5, 5.41) is 3.93. The number of fused-ring (bicyclic) bond motifs is 1. The minimum absolute atomic E-state index is 0.139. The summed E-state index contributed by atoms with van der Waals surface area (Å²) in [6.45, 7) is 1.92. The second kappa shape index (κ2) is 6.74. The van der Waals surface area contributed by atoms with E-state index >= 15 is 0 Å². The van der Waals surface area contributed by atoms with Crippen molar-refractivity contribution in [3.63, 3.8) is 0 Å². The first kappa shape index (κ1) is 17.8. The summed E-state index contributed by atoms with van der Waals surface area (Å²) in [4.78, 5) is 16.9. The number of hydrogen-bond donors (Lipinski definition) is 1. The van der Waals surface area contributed by atoms with Crippen molar-refractivity contribution in [1.29, 1.82) is 0 Å². The van der Waals surface area contributed by atoms with Gasteiger partial charge in [-0.25, -0.2) is 13.4 Å². The van der Waals surface area contributed by atoms with Gasteiger partial charge in [0.15, 0.2) is 15.0 Å². The molecule has 0 saturated heterocycles. The molecule has 0 aliphatic carbocycles. The molecular weight excluding hydrogens is 380 g/mol. The summed E-state index contributed by atoms with van der Waals surface area (Å²) in [7, 11) is -3.24. The third-order valence-corrected chi connectivity index (χ3v) is 5.88. The summed E-state index contributed by atoms with van der Waals surface area (Å²) < 4.78 is 23.8. The van der Waals surface area contributed by atoms with Crippen molar-refractivity contribution in [3.8, 4) is 0 Å². The molecule has 1 heterocycles. The Morgan fingerprint density at radius 1 is 1.24 bits per heavy atom. The quantitative estimate of drug-likeness (QED) is 0.729. The Kier molecular flexibility index (Phi) is 4.81. The molecule has 1 amide bonds. The van der Waals surface area contributed by atoms with Gasteiger partial charge in [0.2, 0.25) is 5.91 Å². The van der Waals surface area contributed by atoms with Gasteiger partial charge in [-0.3, -0.25) is 4.79 Å². The Labute approximate surface area is 154 Å². The van der Waals surface area contributed by atoms with Gasteiger partial charge in [0.05, 0.1) is 21.5 Å². The number of carbonyl (C=O) groups excluding carboxylic acids is 1. The molecule has 1 N–H and O–H groups in total. The second-order valence-electron chi connectivity index (χ2n) is 5.73. The third-order valence-electron chi connectivity index (χ3n) is 3.61. The molecule has 130 valence electrons. The number of thiazole rings is 1. The van der Waals surface area contributed by atoms with Crippen molar-refractivity contribution < 1.29 is 13.2 Å². The summed E-state index contributed by atoms with van der Waals surface area (Å²) in [6, 6.07) is 9.93. The largest absolute Gasteiger partial charge is 0.302 e. The summed E-state index contributed by atoms with van der Waals surface area (Å²) in [5.41, 5.74) is 2.50. The predicted octanol–water partition coefficient (Wildman–Crippen LogP) is 3.84. The predicted molar refractivity (Wildman–Crippen MR) is 101 cm³/mol. The number of sulfone groups is 1. The van der Waals surface area contributed by atoms with Crippen LogP contribution in [0.4, 0.5) is 5.13 Å². The zero-order valence-electron chi connectivity index (χ0n) is 13.5. The molecule has 3 rings (SSSR count). The molecule has 0 fully saturated rings. The van der Waals surface area contributed by atoms with Gasteiger partial charge >= 0.3 is 0 Å². The number of benzene rings is 2. The van der Waals surface area contributed by atoms with Crippen molar-refractivity contribution in [1.82, 2.24) is 4.98 Å². The molecule has 0 aliphatic rings. The highest BCUT2D eigenvalue weighted by atomic mass is 35.5. The Bertz CT molecular complexity index is 1060. The van der Waals surface area contributed by atoms with Crippen LogP contribution < -0.4 is 5.32 Å². The summed E-state index contributed by atoms with van der Waals surface area (Å²) in [5.74, 6) is -0.213. The zero-order valence-corrected chi connectivity index (χ0v) is 15.9. The van der Waals surface area contributed by atoms with Crippen LogP contribution in [0.15, 0.2) is 41.3 Å². The Morgan fingerprint density at radius 2 is 1.92 bits per heavy atom. The van der Waals surface area contributed by atoms with E-state index in [1.54, 1.807) is 12.1 Å². The van der Waals surface area contributed by atoms with E-state index in [1.807, 2.05) is 19.1 Å². The monoisotopic (exact) mass is 394 g/mol. The Balaban J connectivity index is 1.73. The summed E-state index contributed by atoms with van der Waals surface area (Å²) >= 11 is 7.40. The molecule has 1 aromatic heterocycles. The van der Waals surface area contributed by atoms with Crippen LogP contribution in [0.3, 0.4) is 0 Å². The lowest BCUT2D eigenvalue weighted by molar-refractivity contribution is -0.115. The van der Waals surface area contributed by atoms with Crippen LogP contribution in [0.5, 0.6) is 0 Å². The number of aryl methyl sites for hydroxylation is 1. The van der Waals surface area contributed by atoms with Crippen molar-refractivity contribution in [2.75, 3.05) is 11.6 Å². The highest BCUT2D eigenvalue weighted by Crippen LogP contribution is 2.31. The Morgan fingerprint density at radius 3 is 2.56 bits per heavy atom. The van der Waals surface area contributed by atoms with E-state index in [0.717, 1.165) is 27.6 Å². The normalized spacial score (nSPS) is 11.6. The van der Waals surface area contributed by atoms with E-state index in [-0.39, 0.29) is 17.2 Å². The highest BCUT2D eigenvalue weighted by molar-refractivity contribution is 7.90. The molecule has 0 bridgehead atoms. The maximum Gasteiger partial charge on any atom is 0.230 e. The highest BCUT2D eigenvalue weighted by Gasteiger charge is 2.12. The number of amides is 1. The van der Waals surface area contributed by atoms with Gasteiger partial charge < -0.3 is 5.32 Å². The first-order valence-corrected chi connectivity index (χ1v) is 10.5. The third kappa shape index (κ3) is 4.18. The fraction of sp³-hybridized carbons (Fsp3) is 0.176. The van der Waals surface area contributed by atoms with E-state index in [4.69, 9.17) is 11.6 Å². The van der Waals surface area contributed by atoms with Gasteiger partial charge in [0, 0.05) is 11.3 Å². The van der Waals surface area contributed by atoms with Crippen molar-refractivity contribution in [3.05, 3.63) is 52.5 Å². The number of rotatable bonds is 4. The van der Waals surface area contributed by atoms with Gasteiger partial charge in [0.25, 0.3) is 0 Å². The van der Waals surface area contributed by atoms with Crippen LogP contribution >= 0.6 is 22.9 Å². The molecule has 0 atom stereocenters. The average molecular weight is 395 g/mol. The van der Waals surface area contributed by atoms with Crippen molar-refractivity contribution in [2.24, 2.45) is 0 Å². The minimum atomic E-state index is -3.24. The summed E-state index contributed by atoms with van der Waals surface area (Å²) in [6.07, 6.45) is 1.29. The minimum Gasteiger partial charge on any atom is -0.302 e. The fourth-order valence-corrected chi connectivity index (χ4v) is 4.38. The maximum absolute atomic E-state index is 12.2. The lowest BCUT2D eigenvalue weighted by Gasteiger charge is -2.03.